The molecule has 0 saturated carbocycles. The first-order valence-corrected chi connectivity index (χ1v) is 7.73. The van der Waals surface area contributed by atoms with Gasteiger partial charge in [-0.3, -0.25) is 4.90 Å². The summed E-state index contributed by atoms with van der Waals surface area (Å²) in [4.78, 5) is 2.48. The number of rotatable bonds is 2. The third kappa shape index (κ3) is 2.99. The van der Waals surface area contributed by atoms with E-state index in [4.69, 9.17) is 15.2 Å². The Kier molecular flexibility index (Phi) is 3.86. The second kappa shape index (κ2) is 5.61. The first-order chi connectivity index (χ1) is 9.22. The van der Waals surface area contributed by atoms with Gasteiger partial charge in [0.1, 0.15) is 5.75 Å². The van der Waals surface area contributed by atoms with Crippen LogP contribution in [0, 0.1) is 0 Å². The van der Waals surface area contributed by atoms with Gasteiger partial charge in [-0.25, -0.2) is 0 Å². The molecule has 1 fully saturated rings. The summed E-state index contributed by atoms with van der Waals surface area (Å²) in [6.45, 7) is 6.41. The quantitative estimate of drug-likeness (QED) is 0.840. The van der Waals surface area contributed by atoms with Crippen molar-refractivity contribution in [2.75, 3.05) is 31.4 Å². The average molecular weight is 280 g/mol. The summed E-state index contributed by atoms with van der Waals surface area (Å²) in [5.74, 6) is 2.18. The number of nitrogens with zero attached hydrogens (tertiary/aromatic N) is 1. The molecule has 1 unspecified atom stereocenters. The highest BCUT2D eigenvalue weighted by atomic mass is 32.2. The number of fused-ring (bicyclic) bond motifs is 1. The van der Waals surface area contributed by atoms with E-state index in [1.54, 1.807) is 0 Å². The smallest absolute Gasteiger partial charge is 0.189 e. The number of thioether (sulfide) groups is 1. The lowest BCUT2D eigenvalue weighted by Crippen LogP contribution is -2.36. The highest BCUT2D eigenvalue weighted by Gasteiger charge is 2.21. The highest BCUT2D eigenvalue weighted by Crippen LogP contribution is 2.32. The normalized spacial score (nSPS) is 23.7. The van der Waals surface area contributed by atoms with Gasteiger partial charge in [0, 0.05) is 47.5 Å². The summed E-state index contributed by atoms with van der Waals surface area (Å²) in [6, 6.07) is 3.99. The largest absolute Gasteiger partial charge is 0.467 e. The van der Waals surface area contributed by atoms with Crippen molar-refractivity contribution in [1.29, 1.82) is 0 Å². The van der Waals surface area contributed by atoms with Crippen LogP contribution in [0.1, 0.15) is 18.1 Å². The maximum Gasteiger partial charge on any atom is 0.189 e. The Hall–Kier alpha value is -0.910. The molecule has 104 valence electrons. The molecule has 1 aromatic carbocycles. The van der Waals surface area contributed by atoms with E-state index in [0.717, 1.165) is 36.6 Å². The Morgan fingerprint density at radius 1 is 1.47 bits per heavy atom. The first-order valence-electron chi connectivity index (χ1n) is 6.68. The minimum atomic E-state index is 0.343. The zero-order chi connectivity index (χ0) is 13.2. The Labute approximate surface area is 118 Å². The topological polar surface area (TPSA) is 47.7 Å². The minimum absolute atomic E-state index is 0.343. The van der Waals surface area contributed by atoms with Crippen LogP contribution in [0.25, 0.3) is 0 Å². The number of hydrogen-bond acceptors (Lipinski definition) is 5. The van der Waals surface area contributed by atoms with E-state index < -0.39 is 0 Å². The van der Waals surface area contributed by atoms with Crippen LogP contribution in [0.3, 0.4) is 0 Å². The molecule has 2 heterocycles. The number of hydrogen-bond donors (Lipinski definition) is 1. The van der Waals surface area contributed by atoms with Gasteiger partial charge in [0.2, 0.25) is 0 Å². The predicted octanol–water partition coefficient (Wildman–Crippen LogP) is 2.07. The number of nitrogens with two attached hydrogens (primary N) is 1. The van der Waals surface area contributed by atoms with E-state index in [1.807, 2.05) is 23.9 Å². The van der Waals surface area contributed by atoms with Gasteiger partial charge in [-0.05, 0) is 12.1 Å². The van der Waals surface area contributed by atoms with Gasteiger partial charge in [0.05, 0.1) is 6.61 Å². The summed E-state index contributed by atoms with van der Waals surface area (Å²) in [5.41, 5.74) is 9.04. The summed E-state index contributed by atoms with van der Waals surface area (Å²) >= 11 is 2.05. The van der Waals surface area contributed by atoms with Crippen molar-refractivity contribution in [2.24, 2.45) is 0 Å². The van der Waals surface area contributed by atoms with Crippen molar-refractivity contribution in [3.8, 4) is 5.75 Å². The van der Waals surface area contributed by atoms with E-state index >= 15 is 0 Å². The number of ether oxygens (including phenoxy) is 2. The summed E-state index contributed by atoms with van der Waals surface area (Å²) in [7, 11) is 0. The molecule has 5 heteroatoms. The maximum absolute atomic E-state index is 5.98. The van der Waals surface area contributed by atoms with Crippen molar-refractivity contribution in [2.45, 2.75) is 25.3 Å². The van der Waals surface area contributed by atoms with Crippen LogP contribution in [0.4, 0.5) is 5.69 Å². The molecule has 0 amide bonds. The van der Waals surface area contributed by atoms with E-state index in [1.165, 1.54) is 11.3 Å². The monoisotopic (exact) mass is 280 g/mol. The van der Waals surface area contributed by atoms with Gasteiger partial charge in [0.15, 0.2) is 6.79 Å². The molecule has 0 bridgehead atoms. The van der Waals surface area contributed by atoms with E-state index in [-0.39, 0.29) is 0 Å². The van der Waals surface area contributed by atoms with E-state index in [0.29, 0.717) is 18.6 Å². The second-order valence-corrected chi connectivity index (χ2v) is 6.74. The van der Waals surface area contributed by atoms with Crippen molar-refractivity contribution in [3.63, 3.8) is 0 Å². The molecule has 0 spiro atoms. The van der Waals surface area contributed by atoms with Gasteiger partial charge in [-0.2, -0.15) is 11.8 Å². The molecule has 1 aromatic rings. The number of nitrogen functional groups attached to an aromatic ring is 1. The van der Waals surface area contributed by atoms with Crippen LogP contribution in [0.2, 0.25) is 0 Å². The van der Waals surface area contributed by atoms with Crippen LogP contribution >= 0.6 is 11.8 Å². The molecule has 2 aliphatic heterocycles. The van der Waals surface area contributed by atoms with Gasteiger partial charge in [0.25, 0.3) is 0 Å². The average Bonchev–Trinajstić information content (AvgIpc) is 2.38. The van der Waals surface area contributed by atoms with Gasteiger partial charge >= 0.3 is 0 Å². The van der Waals surface area contributed by atoms with Crippen molar-refractivity contribution < 1.29 is 9.47 Å². The molecular weight excluding hydrogens is 260 g/mol. The van der Waals surface area contributed by atoms with Gasteiger partial charge < -0.3 is 15.2 Å². The third-order valence-corrected chi connectivity index (χ3v) is 4.66. The van der Waals surface area contributed by atoms with Crippen LogP contribution < -0.4 is 10.5 Å². The molecular formula is C14H20N2O2S. The SMILES string of the molecule is CC1CN(Cc2cc(N)cc3c2OCOC3)CCS1. The number of anilines is 1. The standard InChI is InChI=1S/C14H20N2O2S/c1-10-6-16(2-3-19-10)7-11-4-13(15)5-12-8-17-9-18-14(11)12/h4-5,10H,2-3,6-9,15H2,1H3. The zero-order valence-corrected chi connectivity index (χ0v) is 12.0. The van der Waals surface area contributed by atoms with E-state index in [2.05, 4.69) is 11.8 Å². The van der Waals surface area contributed by atoms with Crippen molar-refractivity contribution in [1.82, 2.24) is 4.90 Å². The Balaban J connectivity index is 1.81. The molecule has 0 aliphatic carbocycles. The van der Waals surface area contributed by atoms with E-state index in [9.17, 15) is 0 Å². The minimum Gasteiger partial charge on any atom is -0.467 e. The second-order valence-electron chi connectivity index (χ2n) is 5.20. The Morgan fingerprint density at radius 2 is 2.37 bits per heavy atom. The molecule has 1 atom stereocenters. The molecule has 2 aliphatic rings. The summed E-state index contributed by atoms with van der Waals surface area (Å²) < 4.78 is 11.0. The maximum atomic E-state index is 5.98. The zero-order valence-electron chi connectivity index (χ0n) is 11.2. The van der Waals surface area contributed by atoms with Crippen LogP contribution in [-0.4, -0.2) is 35.8 Å². The molecule has 2 N–H and O–H groups in total. The first kappa shape index (κ1) is 13.1. The number of benzene rings is 1. The molecule has 0 aromatic heterocycles. The third-order valence-electron chi connectivity index (χ3n) is 3.53. The van der Waals surface area contributed by atoms with Crippen molar-refractivity contribution in [3.05, 3.63) is 23.3 Å². The predicted molar refractivity (Wildman–Crippen MR) is 78.3 cm³/mol. The summed E-state index contributed by atoms with van der Waals surface area (Å²) in [6.07, 6.45) is 0. The molecule has 4 nitrogen and oxygen atoms in total. The lowest BCUT2D eigenvalue weighted by Gasteiger charge is -2.31. The fourth-order valence-electron chi connectivity index (χ4n) is 2.72. The molecule has 19 heavy (non-hydrogen) atoms. The van der Waals surface area contributed by atoms with Crippen LogP contribution in [0.15, 0.2) is 12.1 Å². The lowest BCUT2D eigenvalue weighted by molar-refractivity contribution is -0.0174. The molecule has 1 saturated heterocycles. The fraction of sp³-hybridized carbons (Fsp3) is 0.571. The lowest BCUT2D eigenvalue weighted by atomic mass is 10.1. The van der Waals surface area contributed by atoms with Crippen molar-refractivity contribution >= 4 is 17.4 Å². The fourth-order valence-corrected chi connectivity index (χ4v) is 3.80. The van der Waals surface area contributed by atoms with Crippen LogP contribution in [0.5, 0.6) is 5.75 Å². The highest BCUT2D eigenvalue weighted by molar-refractivity contribution is 7.99. The Bertz CT molecular complexity index is 467. The van der Waals surface area contributed by atoms with Crippen LogP contribution in [-0.2, 0) is 17.9 Å². The van der Waals surface area contributed by atoms with Gasteiger partial charge in [-0.15, -0.1) is 0 Å². The molecule has 0 radical (unpaired) electrons. The molecule has 3 rings (SSSR count). The summed E-state index contributed by atoms with van der Waals surface area (Å²) in [5, 5.41) is 0.704. The van der Waals surface area contributed by atoms with Gasteiger partial charge in [-0.1, -0.05) is 6.92 Å². The Morgan fingerprint density at radius 3 is 3.21 bits per heavy atom.